The molecular formula is C30H31NO4. The van der Waals surface area contributed by atoms with Gasteiger partial charge in [-0.1, -0.05) is 57.2 Å². The van der Waals surface area contributed by atoms with Gasteiger partial charge in [-0.2, -0.15) is 0 Å². The van der Waals surface area contributed by atoms with Gasteiger partial charge in [0.05, 0.1) is 18.7 Å². The van der Waals surface area contributed by atoms with E-state index in [1.165, 1.54) is 4.90 Å². The summed E-state index contributed by atoms with van der Waals surface area (Å²) in [5, 5.41) is 11.3. The number of methoxy groups -OCH3 is 1. The number of ether oxygens (including phenoxy) is 1. The van der Waals surface area contributed by atoms with Crippen molar-refractivity contribution in [3.63, 3.8) is 0 Å². The standard InChI is InChI=1S/C30H31NO4/c1-18-7-8-21(17-19(18)2)27(32)25-26(20-9-15-24(35-6)16-10-20)31(29(34)28(25)33)23-13-11-22(12-14-23)30(3,4)5/h7-17,26,32H,1-6H3/b27-25-. The lowest BCUT2D eigenvalue weighted by Gasteiger charge is -2.27. The molecule has 0 aliphatic carbocycles. The van der Waals surface area contributed by atoms with E-state index < -0.39 is 17.7 Å². The van der Waals surface area contributed by atoms with Crippen molar-refractivity contribution in [1.29, 1.82) is 0 Å². The summed E-state index contributed by atoms with van der Waals surface area (Å²) in [6, 6.07) is 19.6. The van der Waals surface area contributed by atoms with E-state index in [1.807, 2.05) is 62.4 Å². The molecule has 1 heterocycles. The topological polar surface area (TPSA) is 66.8 Å². The number of benzene rings is 3. The van der Waals surface area contributed by atoms with Gasteiger partial charge in [0.2, 0.25) is 0 Å². The molecule has 1 atom stereocenters. The molecule has 0 saturated carbocycles. The number of aliphatic hydroxyl groups is 1. The zero-order valence-corrected chi connectivity index (χ0v) is 21.0. The molecule has 0 bridgehead atoms. The number of amides is 1. The molecule has 1 amide bonds. The van der Waals surface area contributed by atoms with E-state index >= 15 is 0 Å². The molecule has 5 nitrogen and oxygen atoms in total. The first-order valence-corrected chi connectivity index (χ1v) is 11.7. The van der Waals surface area contributed by atoms with Crippen molar-refractivity contribution < 1.29 is 19.4 Å². The summed E-state index contributed by atoms with van der Waals surface area (Å²) in [6.07, 6.45) is 0. The first-order chi connectivity index (χ1) is 16.5. The van der Waals surface area contributed by atoms with Crippen molar-refractivity contribution in [3.05, 3.63) is 100 Å². The molecule has 1 fully saturated rings. The van der Waals surface area contributed by atoms with Crippen LogP contribution in [0.4, 0.5) is 5.69 Å². The molecule has 35 heavy (non-hydrogen) atoms. The van der Waals surface area contributed by atoms with E-state index in [0.29, 0.717) is 22.6 Å². The molecule has 0 radical (unpaired) electrons. The van der Waals surface area contributed by atoms with Crippen molar-refractivity contribution in [2.45, 2.75) is 46.1 Å². The average Bonchev–Trinajstić information content (AvgIpc) is 3.10. The fourth-order valence-corrected chi connectivity index (χ4v) is 4.37. The van der Waals surface area contributed by atoms with Gasteiger partial charge in [0.25, 0.3) is 11.7 Å². The maximum absolute atomic E-state index is 13.4. The third-order valence-corrected chi connectivity index (χ3v) is 6.67. The molecule has 5 heteroatoms. The van der Waals surface area contributed by atoms with Gasteiger partial charge in [-0.25, -0.2) is 0 Å². The van der Waals surface area contributed by atoms with Crippen molar-refractivity contribution >= 4 is 23.1 Å². The highest BCUT2D eigenvalue weighted by Crippen LogP contribution is 2.43. The Morgan fingerprint density at radius 2 is 1.51 bits per heavy atom. The van der Waals surface area contributed by atoms with Gasteiger partial charge in [0.1, 0.15) is 11.5 Å². The number of nitrogens with zero attached hydrogens (tertiary/aromatic N) is 1. The summed E-state index contributed by atoms with van der Waals surface area (Å²) in [7, 11) is 1.58. The predicted molar refractivity (Wildman–Crippen MR) is 139 cm³/mol. The zero-order valence-electron chi connectivity index (χ0n) is 21.0. The van der Waals surface area contributed by atoms with E-state index in [4.69, 9.17) is 4.74 Å². The zero-order chi connectivity index (χ0) is 25.5. The Balaban J connectivity index is 1.91. The average molecular weight is 470 g/mol. The number of ketones is 1. The molecule has 1 unspecified atom stereocenters. The summed E-state index contributed by atoms with van der Waals surface area (Å²) in [5.74, 6) is -0.892. The first kappa shape index (κ1) is 24.3. The monoisotopic (exact) mass is 469 g/mol. The third-order valence-electron chi connectivity index (χ3n) is 6.67. The molecule has 4 rings (SSSR count). The maximum Gasteiger partial charge on any atom is 0.300 e. The molecule has 1 saturated heterocycles. The van der Waals surface area contributed by atoms with Gasteiger partial charge in [-0.05, 0) is 71.8 Å². The Bertz CT molecular complexity index is 1310. The van der Waals surface area contributed by atoms with Crippen molar-refractivity contribution in [2.75, 3.05) is 12.0 Å². The molecule has 3 aromatic rings. The summed E-state index contributed by atoms with van der Waals surface area (Å²) in [6.45, 7) is 10.3. The smallest absolute Gasteiger partial charge is 0.300 e. The van der Waals surface area contributed by atoms with Gasteiger partial charge in [-0.3, -0.25) is 14.5 Å². The van der Waals surface area contributed by atoms with Gasteiger partial charge in [-0.15, -0.1) is 0 Å². The minimum atomic E-state index is -0.775. The van der Waals surface area contributed by atoms with Crippen LogP contribution < -0.4 is 9.64 Å². The van der Waals surface area contributed by atoms with Gasteiger partial charge >= 0.3 is 0 Å². The SMILES string of the molecule is COc1ccc(C2/C(=C(/O)c3ccc(C)c(C)c3)C(=O)C(=O)N2c2ccc(C(C)(C)C)cc2)cc1. The number of carbonyl (C=O) groups is 2. The van der Waals surface area contributed by atoms with Crippen LogP contribution in [0.5, 0.6) is 5.75 Å². The van der Waals surface area contributed by atoms with Crippen molar-refractivity contribution in [2.24, 2.45) is 0 Å². The summed E-state index contributed by atoms with van der Waals surface area (Å²) < 4.78 is 5.29. The van der Waals surface area contributed by atoms with Crippen LogP contribution >= 0.6 is 0 Å². The Morgan fingerprint density at radius 1 is 0.886 bits per heavy atom. The number of carbonyl (C=O) groups excluding carboxylic acids is 2. The molecule has 1 aliphatic rings. The van der Waals surface area contributed by atoms with Crippen LogP contribution in [-0.4, -0.2) is 23.9 Å². The van der Waals surface area contributed by atoms with Crippen LogP contribution in [0.3, 0.4) is 0 Å². The molecule has 3 aromatic carbocycles. The van der Waals surface area contributed by atoms with Crippen molar-refractivity contribution in [3.8, 4) is 5.75 Å². The molecule has 0 aromatic heterocycles. The number of aliphatic hydroxyl groups excluding tert-OH is 1. The van der Waals surface area contributed by atoms with Crippen LogP contribution in [0.1, 0.15) is 54.6 Å². The van der Waals surface area contributed by atoms with E-state index in [9.17, 15) is 14.7 Å². The molecule has 1 N–H and O–H groups in total. The van der Waals surface area contributed by atoms with Gasteiger partial charge in [0.15, 0.2) is 0 Å². The lowest BCUT2D eigenvalue weighted by molar-refractivity contribution is -0.132. The number of Topliss-reactive ketones (excluding diaryl/α,β-unsaturated/α-hetero) is 1. The number of anilines is 1. The van der Waals surface area contributed by atoms with Crippen LogP contribution in [-0.2, 0) is 15.0 Å². The fourth-order valence-electron chi connectivity index (χ4n) is 4.37. The van der Waals surface area contributed by atoms with E-state index in [0.717, 1.165) is 16.7 Å². The first-order valence-electron chi connectivity index (χ1n) is 11.7. The van der Waals surface area contributed by atoms with E-state index in [1.54, 1.807) is 25.3 Å². The number of hydrogen-bond acceptors (Lipinski definition) is 4. The second-order valence-electron chi connectivity index (χ2n) is 10.0. The van der Waals surface area contributed by atoms with Crippen LogP contribution in [0.2, 0.25) is 0 Å². The third kappa shape index (κ3) is 4.46. The molecular weight excluding hydrogens is 438 g/mol. The maximum atomic E-state index is 13.4. The molecule has 1 aliphatic heterocycles. The Morgan fingerprint density at radius 3 is 2.06 bits per heavy atom. The second kappa shape index (κ2) is 9.06. The van der Waals surface area contributed by atoms with Crippen LogP contribution in [0.25, 0.3) is 5.76 Å². The highest BCUT2D eigenvalue weighted by atomic mass is 16.5. The van der Waals surface area contributed by atoms with Gasteiger partial charge in [0, 0.05) is 11.3 Å². The molecule has 0 spiro atoms. The van der Waals surface area contributed by atoms with E-state index in [2.05, 4.69) is 20.8 Å². The predicted octanol–water partition coefficient (Wildman–Crippen LogP) is 6.24. The summed E-state index contributed by atoms with van der Waals surface area (Å²) in [5.41, 5.74) is 5.01. The quantitative estimate of drug-likeness (QED) is 0.279. The minimum Gasteiger partial charge on any atom is -0.507 e. The lowest BCUT2D eigenvalue weighted by atomic mass is 9.87. The number of rotatable bonds is 4. The Labute approximate surface area is 206 Å². The summed E-state index contributed by atoms with van der Waals surface area (Å²) in [4.78, 5) is 28.2. The molecule has 180 valence electrons. The lowest BCUT2D eigenvalue weighted by Crippen LogP contribution is -2.29. The Kier molecular flexibility index (Phi) is 6.28. The van der Waals surface area contributed by atoms with Crippen LogP contribution in [0, 0.1) is 13.8 Å². The number of aryl methyl sites for hydroxylation is 2. The normalized spacial score (nSPS) is 17.7. The summed E-state index contributed by atoms with van der Waals surface area (Å²) >= 11 is 0. The largest absolute Gasteiger partial charge is 0.507 e. The minimum absolute atomic E-state index is 0.0502. The van der Waals surface area contributed by atoms with Gasteiger partial charge < -0.3 is 9.84 Å². The number of hydrogen-bond donors (Lipinski definition) is 1. The highest BCUT2D eigenvalue weighted by Gasteiger charge is 2.47. The highest BCUT2D eigenvalue weighted by molar-refractivity contribution is 6.51. The van der Waals surface area contributed by atoms with Crippen molar-refractivity contribution in [1.82, 2.24) is 0 Å². The second-order valence-corrected chi connectivity index (χ2v) is 10.0. The Hall–Kier alpha value is -3.86. The van der Waals surface area contributed by atoms with Crippen LogP contribution in [0.15, 0.2) is 72.3 Å². The fraction of sp³-hybridized carbons (Fsp3) is 0.267. The van der Waals surface area contributed by atoms with E-state index in [-0.39, 0.29) is 16.7 Å².